The topological polar surface area (TPSA) is 50.2 Å². The molecule has 0 unspecified atom stereocenters. The molecule has 2 aromatic carbocycles. The molecule has 1 amide bonds. The smallest absolute Gasteiger partial charge is 0.270 e. The van der Waals surface area contributed by atoms with E-state index in [0.29, 0.717) is 12.2 Å². The highest BCUT2D eigenvalue weighted by Gasteiger charge is 2.17. The number of benzene rings is 2. The molecule has 0 aliphatic rings. The molecule has 1 aromatic heterocycles. The molecule has 3 rings (SSSR count). The van der Waals surface area contributed by atoms with E-state index in [0.717, 1.165) is 29.9 Å². The number of aromatic nitrogens is 2. The minimum absolute atomic E-state index is 0.109. The molecule has 5 heteroatoms. The van der Waals surface area contributed by atoms with E-state index in [-0.39, 0.29) is 5.91 Å². The Morgan fingerprint density at radius 2 is 1.69 bits per heavy atom. The SMILES string of the molecule is CN(C)CCCNC(=O)c1cc(-c2ccccc2)nn1-c1ccccc1. The van der Waals surface area contributed by atoms with E-state index < -0.39 is 0 Å². The zero-order valence-electron chi connectivity index (χ0n) is 15.2. The van der Waals surface area contributed by atoms with Crippen LogP contribution in [0.2, 0.25) is 0 Å². The van der Waals surface area contributed by atoms with Gasteiger partial charge >= 0.3 is 0 Å². The zero-order chi connectivity index (χ0) is 18.4. The van der Waals surface area contributed by atoms with Crippen molar-refractivity contribution in [1.82, 2.24) is 20.0 Å². The van der Waals surface area contributed by atoms with Gasteiger partial charge < -0.3 is 10.2 Å². The highest BCUT2D eigenvalue weighted by Crippen LogP contribution is 2.21. The Morgan fingerprint density at radius 3 is 2.35 bits per heavy atom. The highest BCUT2D eigenvalue weighted by molar-refractivity contribution is 5.94. The summed E-state index contributed by atoms with van der Waals surface area (Å²) < 4.78 is 1.71. The molecule has 26 heavy (non-hydrogen) atoms. The van der Waals surface area contributed by atoms with Crippen LogP contribution < -0.4 is 5.32 Å². The van der Waals surface area contributed by atoms with Crippen LogP contribution >= 0.6 is 0 Å². The number of hydrogen-bond acceptors (Lipinski definition) is 3. The number of para-hydroxylation sites is 1. The van der Waals surface area contributed by atoms with Crippen molar-refractivity contribution < 1.29 is 4.79 Å². The van der Waals surface area contributed by atoms with E-state index >= 15 is 0 Å². The molecule has 0 aliphatic heterocycles. The number of nitrogens with one attached hydrogen (secondary N) is 1. The first kappa shape index (κ1) is 17.9. The summed E-state index contributed by atoms with van der Waals surface area (Å²) >= 11 is 0. The molecule has 0 aliphatic carbocycles. The van der Waals surface area contributed by atoms with Crippen molar-refractivity contribution >= 4 is 5.91 Å². The van der Waals surface area contributed by atoms with Crippen molar-refractivity contribution in [3.8, 4) is 16.9 Å². The molecular weight excluding hydrogens is 324 g/mol. The third-order valence-electron chi connectivity index (χ3n) is 4.08. The quantitative estimate of drug-likeness (QED) is 0.667. The van der Waals surface area contributed by atoms with Crippen molar-refractivity contribution in [2.24, 2.45) is 0 Å². The number of carbonyl (C=O) groups excluding carboxylic acids is 1. The van der Waals surface area contributed by atoms with Crippen LogP contribution in [0.25, 0.3) is 16.9 Å². The zero-order valence-corrected chi connectivity index (χ0v) is 15.2. The van der Waals surface area contributed by atoms with Crippen LogP contribution in [0, 0.1) is 0 Å². The first-order chi connectivity index (χ1) is 12.6. The first-order valence-electron chi connectivity index (χ1n) is 8.79. The minimum atomic E-state index is -0.109. The van der Waals surface area contributed by atoms with Crippen molar-refractivity contribution in [2.75, 3.05) is 27.2 Å². The third kappa shape index (κ3) is 4.37. The van der Waals surface area contributed by atoms with Gasteiger partial charge in [-0.05, 0) is 45.3 Å². The normalized spacial score (nSPS) is 10.9. The number of rotatable bonds is 7. The van der Waals surface area contributed by atoms with Crippen LogP contribution in [0.15, 0.2) is 66.7 Å². The lowest BCUT2D eigenvalue weighted by molar-refractivity contribution is 0.0944. The van der Waals surface area contributed by atoms with Gasteiger partial charge in [0.1, 0.15) is 5.69 Å². The van der Waals surface area contributed by atoms with Gasteiger partial charge in [-0.1, -0.05) is 48.5 Å². The lowest BCUT2D eigenvalue weighted by Gasteiger charge is -2.10. The van der Waals surface area contributed by atoms with Gasteiger partial charge in [0.2, 0.25) is 0 Å². The van der Waals surface area contributed by atoms with Crippen LogP contribution in [0.4, 0.5) is 0 Å². The van der Waals surface area contributed by atoms with Crippen LogP contribution in [0.3, 0.4) is 0 Å². The molecule has 0 fully saturated rings. The maximum Gasteiger partial charge on any atom is 0.270 e. The highest BCUT2D eigenvalue weighted by atomic mass is 16.2. The maximum absolute atomic E-state index is 12.7. The summed E-state index contributed by atoms with van der Waals surface area (Å²) in [6.07, 6.45) is 0.907. The molecule has 0 atom stereocenters. The number of hydrogen-bond donors (Lipinski definition) is 1. The Hall–Kier alpha value is -2.92. The monoisotopic (exact) mass is 348 g/mol. The lowest BCUT2D eigenvalue weighted by atomic mass is 10.1. The average Bonchev–Trinajstić information content (AvgIpc) is 3.12. The molecule has 1 heterocycles. The van der Waals surface area contributed by atoms with Gasteiger partial charge in [-0.25, -0.2) is 4.68 Å². The van der Waals surface area contributed by atoms with E-state index in [1.54, 1.807) is 4.68 Å². The summed E-state index contributed by atoms with van der Waals surface area (Å²) in [4.78, 5) is 14.8. The van der Waals surface area contributed by atoms with Crippen molar-refractivity contribution in [1.29, 1.82) is 0 Å². The fourth-order valence-electron chi connectivity index (χ4n) is 2.75. The molecular formula is C21H24N4O. The lowest BCUT2D eigenvalue weighted by Crippen LogP contribution is -2.28. The molecule has 0 saturated heterocycles. The summed E-state index contributed by atoms with van der Waals surface area (Å²) in [7, 11) is 4.05. The van der Waals surface area contributed by atoms with Gasteiger partial charge in [0.25, 0.3) is 5.91 Å². The van der Waals surface area contributed by atoms with E-state index in [9.17, 15) is 4.79 Å². The van der Waals surface area contributed by atoms with E-state index in [4.69, 9.17) is 0 Å². The number of nitrogens with zero attached hydrogens (tertiary/aromatic N) is 3. The van der Waals surface area contributed by atoms with Gasteiger partial charge in [0.15, 0.2) is 0 Å². The second kappa shape index (κ2) is 8.45. The van der Waals surface area contributed by atoms with Crippen molar-refractivity contribution in [2.45, 2.75) is 6.42 Å². The fourth-order valence-corrected chi connectivity index (χ4v) is 2.75. The second-order valence-corrected chi connectivity index (χ2v) is 6.44. The maximum atomic E-state index is 12.7. The van der Waals surface area contributed by atoms with E-state index in [1.807, 2.05) is 80.8 Å². The summed E-state index contributed by atoms with van der Waals surface area (Å²) in [6, 6.07) is 21.5. The molecule has 0 spiro atoms. The summed E-state index contributed by atoms with van der Waals surface area (Å²) in [6.45, 7) is 1.57. The Labute approximate surface area is 154 Å². The Bertz CT molecular complexity index is 841. The van der Waals surface area contributed by atoms with Crippen molar-refractivity contribution in [3.63, 3.8) is 0 Å². The first-order valence-corrected chi connectivity index (χ1v) is 8.79. The van der Waals surface area contributed by atoms with Gasteiger partial charge in [-0.15, -0.1) is 0 Å². The fraction of sp³-hybridized carbons (Fsp3) is 0.238. The molecule has 0 bridgehead atoms. The average molecular weight is 348 g/mol. The number of amides is 1. The Morgan fingerprint density at radius 1 is 1.04 bits per heavy atom. The van der Waals surface area contributed by atoms with Gasteiger partial charge in [0.05, 0.1) is 11.4 Å². The standard InChI is InChI=1S/C21H24N4O/c1-24(2)15-9-14-22-21(26)20-16-19(17-10-5-3-6-11-17)23-25(20)18-12-7-4-8-13-18/h3-8,10-13,16H,9,14-15H2,1-2H3,(H,22,26). The number of carbonyl (C=O) groups is 1. The molecule has 5 nitrogen and oxygen atoms in total. The van der Waals surface area contributed by atoms with Crippen LogP contribution in [-0.4, -0.2) is 47.8 Å². The van der Waals surface area contributed by atoms with Crippen LogP contribution in [-0.2, 0) is 0 Å². The molecule has 134 valence electrons. The predicted octanol–water partition coefficient (Wildman–Crippen LogP) is 3.22. The third-order valence-corrected chi connectivity index (χ3v) is 4.08. The van der Waals surface area contributed by atoms with Crippen LogP contribution in [0.1, 0.15) is 16.9 Å². The molecule has 0 radical (unpaired) electrons. The molecule has 1 N–H and O–H groups in total. The summed E-state index contributed by atoms with van der Waals surface area (Å²) in [5.74, 6) is -0.109. The van der Waals surface area contributed by atoms with Crippen molar-refractivity contribution in [3.05, 3.63) is 72.4 Å². The summed E-state index contributed by atoms with van der Waals surface area (Å²) in [5, 5.41) is 7.68. The van der Waals surface area contributed by atoms with Gasteiger partial charge in [0, 0.05) is 12.1 Å². The summed E-state index contributed by atoms with van der Waals surface area (Å²) in [5.41, 5.74) is 3.18. The Kier molecular flexibility index (Phi) is 5.81. The molecule has 3 aromatic rings. The van der Waals surface area contributed by atoms with E-state index in [1.165, 1.54) is 0 Å². The largest absolute Gasteiger partial charge is 0.351 e. The molecule has 0 saturated carbocycles. The predicted molar refractivity (Wildman–Crippen MR) is 105 cm³/mol. The second-order valence-electron chi connectivity index (χ2n) is 6.44. The van der Waals surface area contributed by atoms with Crippen LogP contribution in [0.5, 0.6) is 0 Å². The van der Waals surface area contributed by atoms with Gasteiger partial charge in [-0.3, -0.25) is 4.79 Å². The minimum Gasteiger partial charge on any atom is -0.351 e. The van der Waals surface area contributed by atoms with E-state index in [2.05, 4.69) is 15.3 Å². The Balaban J connectivity index is 1.87. The van der Waals surface area contributed by atoms with Gasteiger partial charge in [-0.2, -0.15) is 5.10 Å².